The van der Waals surface area contributed by atoms with Gasteiger partial charge in [-0.3, -0.25) is 4.90 Å². The molecule has 2 rings (SSSR count). The first-order valence-corrected chi connectivity index (χ1v) is 7.90. The summed E-state index contributed by atoms with van der Waals surface area (Å²) in [4.78, 5) is 5.11. The van der Waals surface area contributed by atoms with E-state index in [1.807, 2.05) is 12.1 Å². The van der Waals surface area contributed by atoms with Gasteiger partial charge in [0.2, 0.25) is 0 Å². The van der Waals surface area contributed by atoms with E-state index in [1.54, 1.807) is 6.26 Å². The van der Waals surface area contributed by atoms with Gasteiger partial charge in [0.05, 0.1) is 12.3 Å². The number of nitrogens with zero attached hydrogens (tertiary/aromatic N) is 2. The molecular weight excluding hydrogens is 250 g/mol. The maximum Gasteiger partial charge on any atom is 0.120 e. The Bertz CT molecular complexity index is 366. The molecule has 2 atom stereocenters. The first-order chi connectivity index (χ1) is 9.70. The second kappa shape index (κ2) is 7.81. The van der Waals surface area contributed by atoms with Crippen molar-refractivity contribution < 1.29 is 4.42 Å². The van der Waals surface area contributed by atoms with Gasteiger partial charge in [0.25, 0.3) is 0 Å². The Labute approximate surface area is 123 Å². The quantitative estimate of drug-likeness (QED) is 0.866. The van der Waals surface area contributed by atoms with Crippen LogP contribution in [0.25, 0.3) is 0 Å². The third-order valence-corrected chi connectivity index (χ3v) is 4.31. The monoisotopic (exact) mass is 279 g/mol. The highest BCUT2D eigenvalue weighted by Gasteiger charge is 2.21. The molecule has 1 fully saturated rings. The van der Waals surface area contributed by atoms with Crippen LogP contribution in [0.3, 0.4) is 0 Å². The Morgan fingerprint density at radius 2 is 2.30 bits per heavy atom. The second-order valence-corrected chi connectivity index (χ2v) is 5.91. The minimum Gasteiger partial charge on any atom is -0.468 e. The molecule has 1 aromatic heterocycles. The van der Waals surface area contributed by atoms with Gasteiger partial charge in [-0.2, -0.15) is 0 Å². The van der Waals surface area contributed by atoms with Crippen molar-refractivity contribution in [1.29, 1.82) is 0 Å². The van der Waals surface area contributed by atoms with Crippen LogP contribution < -0.4 is 5.32 Å². The molecule has 2 unspecified atom stereocenters. The minimum atomic E-state index is 0.291. The first kappa shape index (κ1) is 15.5. The van der Waals surface area contributed by atoms with E-state index in [1.165, 1.54) is 32.5 Å². The lowest BCUT2D eigenvalue weighted by molar-refractivity contribution is 0.182. The molecule has 0 bridgehead atoms. The molecule has 2 heterocycles. The third-order valence-electron chi connectivity index (χ3n) is 4.31. The summed E-state index contributed by atoms with van der Waals surface area (Å²) < 4.78 is 5.43. The van der Waals surface area contributed by atoms with Crippen LogP contribution >= 0.6 is 0 Å². The van der Waals surface area contributed by atoms with Gasteiger partial charge in [-0.25, -0.2) is 0 Å². The van der Waals surface area contributed by atoms with Crippen LogP contribution in [0.2, 0.25) is 0 Å². The highest BCUT2D eigenvalue weighted by atomic mass is 16.3. The van der Waals surface area contributed by atoms with Crippen LogP contribution in [0.5, 0.6) is 0 Å². The molecule has 0 spiro atoms. The van der Waals surface area contributed by atoms with Crippen molar-refractivity contribution in [2.24, 2.45) is 0 Å². The van der Waals surface area contributed by atoms with Crippen LogP contribution in [0, 0.1) is 0 Å². The van der Waals surface area contributed by atoms with Gasteiger partial charge in [-0.1, -0.05) is 6.92 Å². The summed E-state index contributed by atoms with van der Waals surface area (Å²) in [6.45, 7) is 10.2. The normalized spacial score (nSPS) is 23.6. The standard InChI is InChI=1S/C16H29N3O/c1-4-15-13-18(3)9-6-10-19(15)11-8-17-14(2)16-7-5-12-20-16/h5,7,12,14-15,17H,4,6,8-11,13H2,1-3H3. The topological polar surface area (TPSA) is 31.6 Å². The van der Waals surface area contributed by atoms with Gasteiger partial charge < -0.3 is 14.6 Å². The van der Waals surface area contributed by atoms with Gasteiger partial charge >= 0.3 is 0 Å². The molecule has 4 heteroatoms. The van der Waals surface area contributed by atoms with Crippen LogP contribution in [-0.4, -0.2) is 55.6 Å². The number of furan rings is 1. The van der Waals surface area contributed by atoms with Crippen molar-refractivity contribution in [3.8, 4) is 0 Å². The predicted octanol–water partition coefficient (Wildman–Crippen LogP) is 2.35. The van der Waals surface area contributed by atoms with Crippen molar-refractivity contribution in [3.05, 3.63) is 24.2 Å². The fourth-order valence-electron chi connectivity index (χ4n) is 3.04. The fourth-order valence-corrected chi connectivity index (χ4v) is 3.04. The van der Waals surface area contributed by atoms with E-state index < -0.39 is 0 Å². The van der Waals surface area contributed by atoms with E-state index in [0.29, 0.717) is 12.1 Å². The molecule has 1 aromatic rings. The predicted molar refractivity (Wildman–Crippen MR) is 82.9 cm³/mol. The lowest BCUT2D eigenvalue weighted by Crippen LogP contribution is -2.43. The summed E-state index contributed by atoms with van der Waals surface area (Å²) in [5, 5.41) is 3.56. The van der Waals surface area contributed by atoms with Crippen LogP contribution in [0.4, 0.5) is 0 Å². The molecule has 1 aliphatic heterocycles. The average Bonchev–Trinajstić information content (AvgIpc) is 2.91. The molecule has 0 saturated carbocycles. The Morgan fingerprint density at radius 3 is 3.00 bits per heavy atom. The molecule has 0 aromatic carbocycles. The molecule has 0 aliphatic carbocycles. The van der Waals surface area contributed by atoms with Crippen LogP contribution in [0.15, 0.2) is 22.8 Å². The Balaban J connectivity index is 1.77. The minimum absolute atomic E-state index is 0.291. The van der Waals surface area contributed by atoms with E-state index in [-0.39, 0.29) is 0 Å². The molecule has 20 heavy (non-hydrogen) atoms. The molecule has 1 saturated heterocycles. The maximum absolute atomic E-state index is 5.43. The Kier molecular flexibility index (Phi) is 6.07. The van der Waals surface area contributed by atoms with Gasteiger partial charge in [0.15, 0.2) is 0 Å². The fraction of sp³-hybridized carbons (Fsp3) is 0.750. The van der Waals surface area contributed by atoms with Crippen LogP contribution in [0.1, 0.15) is 38.5 Å². The lowest BCUT2D eigenvalue weighted by atomic mass is 10.2. The first-order valence-electron chi connectivity index (χ1n) is 7.90. The van der Waals surface area contributed by atoms with Crippen LogP contribution in [-0.2, 0) is 0 Å². The molecule has 1 aliphatic rings. The highest BCUT2D eigenvalue weighted by Crippen LogP contribution is 2.13. The summed E-state index contributed by atoms with van der Waals surface area (Å²) >= 11 is 0. The van der Waals surface area contributed by atoms with Crippen molar-refractivity contribution in [3.63, 3.8) is 0 Å². The van der Waals surface area contributed by atoms with Crippen molar-refractivity contribution in [2.45, 2.75) is 38.8 Å². The SMILES string of the molecule is CCC1CN(C)CCCN1CCNC(C)c1ccco1. The van der Waals surface area contributed by atoms with E-state index in [0.717, 1.165) is 18.8 Å². The van der Waals surface area contributed by atoms with Gasteiger partial charge in [-0.05, 0) is 52.0 Å². The summed E-state index contributed by atoms with van der Waals surface area (Å²) in [6.07, 6.45) is 4.25. The number of likely N-dealkylation sites (N-methyl/N-ethyl adjacent to an activating group) is 1. The summed E-state index contributed by atoms with van der Waals surface area (Å²) in [5.74, 6) is 1.02. The van der Waals surface area contributed by atoms with Gasteiger partial charge in [-0.15, -0.1) is 0 Å². The lowest BCUT2D eigenvalue weighted by Gasteiger charge is -2.30. The zero-order valence-corrected chi connectivity index (χ0v) is 13.1. The molecule has 1 N–H and O–H groups in total. The summed E-state index contributed by atoms with van der Waals surface area (Å²) in [5.41, 5.74) is 0. The summed E-state index contributed by atoms with van der Waals surface area (Å²) in [6, 6.07) is 4.97. The molecule has 114 valence electrons. The van der Waals surface area contributed by atoms with E-state index in [2.05, 4.69) is 36.0 Å². The number of hydrogen-bond donors (Lipinski definition) is 1. The Hall–Kier alpha value is -0.840. The van der Waals surface area contributed by atoms with Gasteiger partial charge in [0, 0.05) is 25.7 Å². The average molecular weight is 279 g/mol. The van der Waals surface area contributed by atoms with E-state index in [9.17, 15) is 0 Å². The number of nitrogens with one attached hydrogen (secondary N) is 1. The largest absolute Gasteiger partial charge is 0.468 e. The van der Waals surface area contributed by atoms with Crippen molar-refractivity contribution >= 4 is 0 Å². The zero-order valence-electron chi connectivity index (χ0n) is 13.1. The van der Waals surface area contributed by atoms with E-state index in [4.69, 9.17) is 4.42 Å². The smallest absolute Gasteiger partial charge is 0.120 e. The van der Waals surface area contributed by atoms with Crippen molar-refractivity contribution in [1.82, 2.24) is 15.1 Å². The molecular formula is C16H29N3O. The maximum atomic E-state index is 5.43. The molecule has 0 amide bonds. The number of hydrogen-bond acceptors (Lipinski definition) is 4. The summed E-state index contributed by atoms with van der Waals surface area (Å²) in [7, 11) is 2.24. The van der Waals surface area contributed by atoms with Crippen molar-refractivity contribution in [2.75, 3.05) is 39.8 Å². The molecule has 0 radical (unpaired) electrons. The highest BCUT2D eigenvalue weighted by molar-refractivity contribution is 5.02. The Morgan fingerprint density at radius 1 is 1.45 bits per heavy atom. The number of rotatable bonds is 6. The van der Waals surface area contributed by atoms with Gasteiger partial charge in [0.1, 0.15) is 5.76 Å². The van der Waals surface area contributed by atoms with E-state index >= 15 is 0 Å². The molecule has 4 nitrogen and oxygen atoms in total. The third kappa shape index (κ3) is 4.33. The zero-order chi connectivity index (χ0) is 14.4. The second-order valence-electron chi connectivity index (χ2n) is 5.91.